The summed E-state index contributed by atoms with van der Waals surface area (Å²) in [5, 5.41) is 12.4. The zero-order valence-corrected chi connectivity index (χ0v) is 42.1. The summed E-state index contributed by atoms with van der Waals surface area (Å²) in [6, 6.07) is 7.44. The van der Waals surface area contributed by atoms with Gasteiger partial charge in [-0.05, 0) is 210 Å². The number of allylic oxidation sites excluding steroid dienone is 19. The van der Waals surface area contributed by atoms with Crippen LogP contribution < -0.4 is 11.1 Å². The summed E-state index contributed by atoms with van der Waals surface area (Å²) in [6.45, 7) is 23.5. The van der Waals surface area contributed by atoms with E-state index in [9.17, 15) is 4.79 Å². The molecule has 0 saturated heterocycles. The zero-order valence-electron chi connectivity index (χ0n) is 42.1. The molecule has 0 aliphatic rings. The van der Waals surface area contributed by atoms with Gasteiger partial charge in [-0.3, -0.25) is 4.79 Å². The number of carbonyl (C=O) groups excluding carboxylic acids is 1. The van der Waals surface area contributed by atoms with E-state index in [4.69, 9.17) is 10.8 Å². The minimum Gasteiger partial charge on any atom is -0.392 e. The van der Waals surface area contributed by atoms with Crippen LogP contribution in [0.4, 0.5) is 5.69 Å². The van der Waals surface area contributed by atoms with E-state index in [0.717, 1.165) is 141 Å². The van der Waals surface area contributed by atoms with Crippen LogP contribution in [0.2, 0.25) is 0 Å². The Morgan fingerprint density at radius 3 is 0.952 bits per heavy atom. The van der Waals surface area contributed by atoms with Crippen molar-refractivity contribution in [1.82, 2.24) is 0 Å². The average molecular weight is 861 g/mol. The predicted octanol–water partition coefficient (Wildman–Crippen LogP) is 17.5. The Balaban J connectivity index is 2.22. The molecule has 0 radical (unpaired) electrons. The standard InChI is InChI=1S/C59H92N2O2/c1-47(23-13-24-48(2)26-15-28-50(4)30-17-32-52(6)34-19-36-54(8)38-21-40-56(10)44-46-62)25-14-27-49(3)29-16-31-51(5)33-18-35-53(7)37-20-39-55(9)41-22-45-61-58-43-12-11-42-57(58)59(60)63/h11-12,23,26-27,30-31,34-35,38-39,42-44,61-62H,13-22,24-25,28-29,32-33,36-37,40-41,45-46H2,1-10H3,(H2,60,63)/b47-23-,48-26-,49-27-,50-30-,51-31+,52-34-,53-35+,54-38-,55-39+,56-44-. The first-order valence-electron chi connectivity index (χ1n) is 24.5. The van der Waals surface area contributed by atoms with E-state index in [-0.39, 0.29) is 6.61 Å². The molecule has 1 rings (SSSR count). The quantitative estimate of drug-likeness (QED) is 0.0477. The summed E-state index contributed by atoms with van der Waals surface area (Å²) in [6.07, 6.45) is 46.1. The molecule has 4 heteroatoms. The average Bonchev–Trinajstić information content (AvgIpc) is 3.22. The van der Waals surface area contributed by atoms with Gasteiger partial charge in [-0.1, -0.05) is 129 Å². The summed E-state index contributed by atoms with van der Waals surface area (Å²) < 4.78 is 0. The largest absolute Gasteiger partial charge is 0.392 e. The van der Waals surface area contributed by atoms with E-state index in [1.54, 1.807) is 6.07 Å². The first kappa shape index (κ1) is 56.9. The van der Waals surface area contributed by atoms with Gasteiger partial charge in [0.05, 0.1) is 12.2 Å². The molecule has 0 unspecified atom stereocenters. The highest BCUT2D eigenvalue weighted by atomic mass is 16.2. The number of hydrogen-bond acceptors (Lipinski definition) is 3. The molecule has 1 amide bonds. The summed E-state index contributed by atoms with van der Waals surface area (Å²) >= 11 is 0. The minimum absolute atomic E-state index is 0.145. The van der Waals surface area contributed by atoms with Crippen LogP contribution in [0.15, 0.2) is 141 Å². The number of carbonyl (C=O) groups is 1. The van der Waals surface area contributed by atoms with E-state index in [0.29, 0.717) is 5.56 Å². The lowest BCUT2D eigenvalue weighted by atomic mass is 10.0. The first-order valence-corrected chi connectivity index (χ1v) is 24.5. The lowest BCUT2D eigenvalue weighted by Crippen LogP contribution is -2.14. The second-order valence-corrected chi connectivity index (χ2v) is 18.5. The molecule has 0 saturated carbocycles. The Morgan fingerprint density at radius 2 is 0.683 bits per heavy atom. The Hall–Kier alpha value is -4.15. The number of nitrogens with one attached hydrogen (secondary N) is 1. The van der Waals surface area contributed by atoms with Crippen LogP contribution in [0.1, 0.15) is 208 Å². The van der Waals surface area contributed by atoms with Gasteiger partial charge in [-0.15, -0.1) is 0 Å². The van der Waals surface area contributed by atoms with Crippen molar-refractivity contribution in [2.45, 2.75) is 198 Å². The fraction of sp³-hybridized carbons (Fsp3) is 0.542. The van der Waals surface area contributed by atoms with Crippen molar-refractivity contribution in [3.8, 4) is 0 Å². The number of nitrogens with two attached hydrogens (primary N) is 1. The number of benzene rings is 1. The molecule has 0 fully saturated rings. The number of aliphatic hydroxyl groups excluding tert-OH is 1. The fourth-order valence-corrected chi connectivity index (χ4v) is 7.54. The van der Waals surface area contributed by atoms with Crippen LogP contribution in [0.25, 0.3) is 0 Å². The number of hydrogen-bond donors (Lipinski definition) is 3. The second kappa shape index (κ2) is 36.2. The SMILES string of the molecule is C/C(=C/CO)CC/C=C(/C)CC/C=C(/C)CC/C=C(/C)CC/C=C(/C)CC/C=C(/C)CC/C=C(/C)CC/C=C(\C)CC/C=C(\C)CC/C=C(\C)CCCNc1ccccc1C(N)=O. The molecule has 4 N–H and O–H groups in total. The maximum absolute atomic E-state index is 11.6. The maximum Gasteiger partial charge on any atom is 0.250 e. The van der Waals surface area contributed by atoms with Crippen LogP contribution in [-0.2, 0) is 0 Å². The highest BCUT2D eigenvalue weighted by molar-refractivity contribution is 5.98. The third kappa shape index (κ3) is 32.2. The molecule has 0 heterocycles. The number of amides is 1. The molecule has 1 aromatic rings. The molecule has 0 aliphatic heterocycles. The van der Waals surface area contributed by atoms with Crippen LogP contribution in [-0.4, -0.2) is 24.2 Å². The minimum atomic E-state index is -0.393. The second-order valence-electron chi connectivity index (χ2n) is 18.5. The molecule has 350 valence electrons. The van der Waals surface area contributed by atoms with Crippen molar-refractivity contribution in [3.63, 3.8) is 0 Å². The lowest BCUT2D eigenvalue weighted by molar-refractivity contribution is 0.100. The number of para-hydroxylation sites is 1. The smallest absolute Gasteiger partial charge is 0.250 e. The summed E-state index contributed by atoms with van der Waals surface area (Å²) in [5.74, 6) is -0.393. The van der Waals surface area contributed by atoms with Gasteiger partial charge >= 0.3 is 0 Å². The van der Waals surface area contributed by atoms with Crippen LogP contribution >= 0.6 is 0 Å². The third-order valence-corrected chi connectivity index (χ3v) is 12.0. The zero-order chi connectivity index (χ0) is 46.7. The number of primary amides is 1. The van der Waals surface area contributed by atoms with Crippen molar-refractivity contribution in [3.05, 3.63) is 146 Å². The molecule has 0 atom stereocenters. The molecule has 0 aliphatic carbocycles. The summed E-state index contributed by atoms with van der Waals surface area (Å²) in [7, 11) is 0. The first-order chi connectivity index (χ1) is 30.2. The number of anilines is 1. The predicted molar refractivity (Wildman–Crippen MR) is 280 cm³/mol. The van der Waals surface area contributed by atoms with Crippen LogP contribution in [0.3, 0.4) is 0 Å². The highest BCUT2D eigenvalue weighted by Gasteiger charge is 2.06. The van der Waals surface area contributed by atoms with E-state index in [2.05, 4.69) is 129 Å². The summed E-state index contributed by atoms with van der Waals surface area (Å²) in [5.41, 5.74) is 21.5. The van der Waals surface area contributed by atoms with Crippen molar-refractivity contribution < 1.29 is 9.90 Å². The van der Waals surface area contributed by atoms with E-state index < -0.39 is 5.91 Å². The maximum atomic E-state index is 11.6. The Kier molecular flexibility index (Phi) is 32.7. The van der Waals surface area contributed by atoms with Crippen molar-refractivity contribution >= 4 is 11.6 Å². The van der Waals surface area contributed by atoms with E-state index >= 15 is 0 Å². The van der Waals surface area contributed by atoms with Gasteiger partial charge in [0.1, 0.15) is 0 Å². The van der Waals surface area contributed by atoms with Gasteiger partial charge < -0.3 is 16.2 Å². The normalized spacial score (nSPS) is 14.5. The highest BCUT2D eigenvalue weighted by Crippen LogP contribution is 2.19. The van der Waals surface area contributed by atoms with Gasteiger partial charge in [0.2, 0.25) is 0 Å². The van der Waals surface area contributed by atoms with Crippen molar-refractivity contribution in [1.29, 1.82) is 0 Å². The molecular formula is C59H92N2O2. The molecule has 0 bridgehead atoms. The topological polar surface area (TPSA) is 75.3 Å². The fourth-order valence-electron chi connectivity index (χ4n) is 7.54. The third-order valence-electron chi connectivity index (χ3n) is 12.0. The summed E-state index contributed by atoms with van der Waals surface area (Å²) in [4.78, 5) is 11.6. The Bertz CT molecular complexity index is 1780. The van der Waals surface area contributed by atoms with Crippen LogP contribution in [0, 0.1) is 0 Å². The van der Waals surface area contributed by atoms with Gasteiger partial charge in [-0.25, -0.2) is 0 Å². The molecule has 4 nitrogen and oxygen atoms in total. The lowest BCUT2D eigenvalue weighted by Gasteiger charge is -2.10. The monoisotopic (exact) mass is 861 g/mol. The van der Waals surface area contributed by atoms with Crippen molar-refractivity contribution in [2.75, 3.05) is 18.5 Å². The van der Waals surface area contributed by atoms with Gasteiger partial charge in [-0.2, -0.15) is 0 Å². The Labute approximate surface area is 388 Å². The number of rotatable bonds is 34. The van der Waals surface area contributed by atoms with E-state index in [1.807, 2.05) is 24.3 Å². The van der Waals surface area contributed by atoms with Gasteiger partial charge in [0.15, 0.2) is 0 Å². The molecule has 0 aromatic heterocycles. The molecule has 0 spiro atoms. The van der Waals surface area contributed by atoms with Gasteiger partial charge in [0, 0.05) is 12.2 Å². The van der Waals surface area contributed by atoms with Gasteiger partial charge in [0.25, 0.3) is 5.91 Å². The van der Waals surface area contributed by atoms with E-state index in [1.165, 1.54) is 55.7 Å². The molecule has 1 aromatic carbocycles. The molecule has 63 heavy (non-hydrogen) atoms. The number of aliphatic hydroxyl groups is 1. The van der Waals surface area contributed by atoms with Crippen molar-refractivity contribution in [2.24, 2.45) is 5.73 Å². The molecular weight excluding hydrogens is 769 g/mol. The van der Waals surface area contributed by atoms with Crippen LogP contribution in [0.5, 0.6) is 0 Å². The Morgan fingerprint density at radius 1 is 0.429 bits per heavy atom.